The fraction of sp³-hybridized carbons (Fsp3) is 0.423. The molecule has 1 aromatic carbocycles. The molecule has 3 aromatic rings. The monoisotopic (exact) mass is 511 g/mol. The Morgan fingerprint density at radius 2 is 2.03 bits per heavy atom. The molecule has 1 N–H and O–H groups in total. The van der Waals surface area contributed by atoms with E-state index in [0.717, 1.165) is 57.1 Å². The summed E-state index contributed by atoms with van der Waals surface area (Å²) in [4.78, 5) is 23.7. The van der Waals surface area contributed by atoms with E-state index in [9.17, 15) is 10.1 Å². The molecule has 2 aromatic heterocycles. The van der Waals surface area contributed by atoms with Crippen LogP contribution in [-0.2, 0) is 0 Å². The van der Waals surface area contributed by atoms with Gasteiger partial charge in [-0.25, -0.2) is 9.97 Å². The first-order valence-electron chi connectivity index (χ1n) is 12.1. The molecule has 0 radical (unpaired) electrons. The summed E-state index contributed by atoms with van der Waals surface area (Å²) < 4.78 is 7.37. The van der Waals surface area contributed by atoms with Gasteiger partial charge in [0, 0.05) is 36.1 Å². The van der Waals surface area contributed by atoms with Crippen LogP contribution in [0.5, 0.6) is 5.75 Å². The second kappa shape index (κ2) is 13.5. The van der Waals surface area contributed by atoms with Crippen molar-refractivity contribution in [3.63, 3.8) is 0 Å². The quantitative estimate of drug-likeness (QED) is 0.424. The number of nitriles is 1. The number of likely N-dealkylation sites (tertiary alicyclic amines) is 1. The minimum atomic E-state index is 0. The van der Waals surface area contributed by atoms with Gasteiger partial charge in [0.05, 0.1) is 38.0 Å². The second-order valence-corrected chi connectivity index (χ2v) is 8.79. The molecule has 1 saturated carbocycles. The molecule has 1 saturated heterocycles. The van der Waals surface area contributed by atoms with Gasteiger partial charge in [0.1, 0.15) is 5.69 Å². The number of ether oxygens (including phenoxy) is 1. The molecule has 3 heterocycles. The number of benzene rings is 1. The number of anilines is 2. The van der Waals surface area contributed by atoms with Crippen molar-refractivity contribution in [1.29, 1.82) is 5.26 Å². The first-order valence-corrected chi connectivity index (χ1v) is 12.1. The van der Waals surface area contributed by atoms with Gasteiger partial charge in [-0.3, -0.25) is 9.48 Å². The van der Waals surface area contributed by atoms with Crippen molar-refractivity contribution in [1.82, 2.24) is 24.6 Å². The average molecular weight is 512 g/mol. The van der Waals surface area contributed by atoms with E-state index in [0.29, 0.717) is 35.3 Å². The molecule has 188 valence electrons. The third-order valence-electron chi connectivity index (χ3n) is 6.42. The third kappa shape index (κ3) is 6.87. The molecule has 1 atom stereocenters. The molecule has 1 unspecified atom stereocenters. The molecule has 37 heavy (non-hydrogen) atoms. The summed E-state index contributed by atoms with van der Waals surface area (Å²) in [7, 11) is 2.33. The molecule has 11 heteroatoms. The molecule has 0 spiro atoms. The van der Waals surface area contributed by atoms with Crippen LogP contribution in [0.1, 0.15) is 48.5 Å². The normalized spacial score (nSPS) is 15.0. The Labute approximate surface area is 239 Å². The maximum Gasteiger partial charge on any atom is 1.00 e. The summed E-state index contributed by atoms with van der Waals surface area (Å²) in [5, 5.41) is 25.2. The Kier molecular flexibility index (Phi) is 10.5. The maximum absolute atomic E-state index is 12.8. The SMILES string of the molecule is COc1cnc(Nc2cccc(C(=O)N3CCCC3)c2)nc1-c1cnn(C(CC#N)C2CC2)c1.C[O-].[Na+]. The van der Waals surface area contributed by atoms with Crippen molar-refractivity contribution >= 4 is 17.5 Å². The number of rotatable bonds is 8. The number of hydrogen-bond donors (Lipinski definition) is 1. The van der Waals surface area contributed by atoms with Gasteiger partial charge in [-0.2, -0.15) is 17.5 Å². The molecular weight excluding hydrogens is 481 g/mol. The molecule has 10 nitrogen and oxygen atoms in total. The zero-order valence-corrected chi connectivity index (χ0v) is 23.6. The summed E-state index contributed by atoms with van der Waals surface area (Å²) in [5.74, 6) is 1.48. The second-order valence-electron chi connectivity index (χ2n) is 8.79. The smallest absolute Gasteiger partial charge is 0.857 e. The van der Waals surface area contributed by atoms with Crippen LogP contribution in [0.4, 0.5) is 11.6 Å². The van der Waals surface area contributed by atoms with E-state index in [1.165, 1.54) is 0 Å². The van der Waals surface area contributed by atoms with E-state index in [2.05, 4.69) is 26.5 Å². The van der Waals surface area contributed by atoms with E-state index in [4.69, 9.17) is 9.84 Å². The first kappa shape index (κ1) is 28.6. The first-order chi connectivity index (χ1) is 17.7. The molecule has 5 rings (SSSR count). The standard InChI is InChI=1S/C25H27N7O2.CH3O.Na/c1-34-22-15-27-25(29-20-6-4-5-18(13-20)24(33)31-11-2-3-12-31)30-23(22)19-14-28-32(16-19)21(9-10-26)17-7-8-17;1-2;/h4-6,13-17,21H,2-3,7-9,11-12H2,1H3,(H,27,29,30);1H3;/q;-1;+1. The van der Waals surface area contributed by atoms with Crippen molar-refractivity contribution < 1.29 is 44.2 Å². The van der Waals surface area contributed by atoms with Crippen LogP contribution in [0.25, 0.3) is 11.3 Å². The molecule has 1 aliphatic heterocycles. The fourth-order valence-corrected chi connectivity index (χ4v) is 4.44. The predicted molar refractivity (Wildman–Crippen MR) is 133 cm³/mol. The van der Waals surface area contributed by atoms with E-state index in [1.54, 1.807) is 19.5 Å². The largest absolute Gasteiger partial charge is 1.00 e. The van der Waals surface area contributed by atoms with Crippen LogP contribution < -0.4 is 44.7 Å². The van der Waals surface area contributed by atoms with Crippen LogP contribution in [-0.4, -0.2) is 57.9 Å². The van der Waals surface area contributed by atoms with Crippen LogP contribution in [0.3, 0.4) is 0 Å². The number of amides is 1. The Morgan fingerprint density at radius 1 is 1.27 bits per heavy atom. The average Bonchev–Trinajstić information content (AvgIpc) is 3.39. The van der Waals surface area contributed by atoms with Crippen molar-refractivity contribution in [2.45, 2.75) is 38.1 Å². The Morgan fingerprint density at radius 3 is 2.70 bits per heavy atom. The Hall–Kier alpha value is -2.97. The van der Waals surface area contributed by atoms with Gasteiger partial charge in [-0.05, 0) is 49.8 Å². The van der Waals surface area contributed by atoms with Crippen LogP contribution in [0.15, 0.2) is 42.9 Å². The molecule has 1 amide bonds. The third-order valence-corrected chi connectivity index (χ3v) is 6.42. The van der Waals surface area contributed by atoms with Crippen molar-refractivity contribution in [2.24, 2.45) is 5.92 Å². The maximum atomic E-state index is 12.8. The summed E-state index contributed by atoms with van der Waals surface area (Å²) in [6.07, 6.45) is 10.1. The summed E-state index contributed by atoms with van der Waals surface area (Å²) in [6, 6.07) is 9.76. The summed E-state index contributed by atoms with van der Waals surface area (Å²) in [5.41, 5.74) is 2.79. The van der Waals surface area contributed by atoms with Crippen molar-refractivity contribution in [3.8, 4) is 23.1 Å². The van der Waals surface area contributed by atoms with E-state index >= 15 is 0 Å². The molecular formula is C26H30N7NaO3. The zero-order valence-electron chi connectivity index (χ0n) is 21.6. The van der Waals surface area contributed by atoms with Crippen molar-refractivity contribution in [3.05, 3.63) is 48.4 Å². The van der Waals surface area contributed by atoms with E-state index in [1.807, 2.05) is 40.0 Å². The fourth-order valence-electron chi connectivity index (χ4n) is 4.44. The van der Waals surface area contributed by atoms with Gasteiger partial charge >= 0.3 is 29.6 Å². The minimum Gasteiger partial charge on any atom is -0.857 e. The number of aromatic nitrogens is 4. The topological polar surface area (TPSA) is 132 Å². The number of carbonyl (C=O) groups is 1. The number of hydrogen-bond acceptors (Lipinski definition) is 8. The van der Waals surface area contributed by atoms with Gasteiger partial charge in [0.25, 0.3) is 5.91 Å². The Bertz CT molecular complexity index is 1230. The molecule has 2 aliphatic rings. The zero-order chi connectivity index (χ0) is 25.5. The molecule has 1 aliphatic carbocycles. The number of carbonyl (C=O) groups excluding carboxylic acids is 1. The van der Waals surface area contributed by atoms with Gasteiger partial charge < -0.3 is 20.1 Å². The van der Waals surface area contributed by atoms with E-state index < -0.39 is 0 Å². The minimum absolute atomic E-state index is 0. The number of nitrogens with zero attached hydrogens (tertiary/aromatic N) is 6. The van der Waals surface area contributed by atoms with Gasteiger partial charge in [-0.1, -0.05) is 6.07 Å². The van der Waals surface area contributed by atoms with Gasteiger partial charge in [0.15, 0.2) is 5.75 Å². The summed E-state index contributed by atoms with van der Waals surface area (Å²) >= 11 is 0. The number of methoxy groups -OCH3 is 1. The van der Waals surface area contributed by atoms with Crippen LogP contribution in [0.2, 0.25) is 0 Å². The number of nitrogens with one attached hydrogen (secondary N) is 1. The van der Waals surface area contributed by atoms with Crippen molar-refractivity contribution in [2.75, 3.05) is 32.6 Å². The van der Waals surface area contributed by atoms with Gasteiger partial charge in [0.2, 0.25) is 5.95 Å². The predicted octanol–water partition coefficient (Wildman–Crippen LogP) is 0.174. The summed E-state index contributed by atoms with van der Waals surface area (Å²) in [6.45, 7) is 1.62. The van der Waals surface area contributed by atoms with Gasteiger partial charge in [-0.15, -0.1) is 0 Å². The van der Waals surface area contributed by atoms with Crippen LogP contribution >= 0.6 is 0 Å². The molecule has 0 bridgehead atoms. The van der Waals surface area contributed by atoms with E-state index in [-0.39, 0.29) is 41.5 Å². The van der Waals surface area contributed by atoms with Crippen LogP contribution in [0, 0.1) is 17.2 Å². The Balaban J connectivity index is 0.00000124. The molecule has 2 fully saturated rings.